The summed E-state index contributed by atoms with van der Waals surface area (Å²) in [5, 5.41) is 18.4. The number of aryl methyl sites for hydroxylation is 3. The summed E-state index contributed by atoms with van der Waals surface area (Å²) in [6, 6.07) is 4.18. The first-order valence-electron chi connectivity index (χ1n) is 7.64. The highest BCUT2D eigenvalue weighted by atomic mass is 32.1. The Hall–Kier alpha value is -2.09. The minimum absolute atomic E-state index is 0.105. The Morgan fingerprint density at radius 2 is 2.09 bits per heavy atom. The Kier molecular flexibility index (Phi) is 4.25. The van der Waals surface area contributed by atoms with Gasteiger partial charge in [-0.25, -0.2) is 14.3 Å². The van der Waals surface area contributed by atoms with Crippen molar-refractivity contribution in [2.45, 2.75) is 52.6 Å². The summed E-state index contributed by atoms with van der Waals surface area (Å²) in [6.45, 7) is 9.02. The normalized spacial score (nSPS) is 12.0. The highest BCUT2D eigenvalue weighted by molar-refractivity contribution is 7.09. The molecule has 0 saturated heterocycles. The fraction of sp³-hybridized carbons (Fsp3) is 0.533. The van der Waals surface area contributed by atoms with Gasteiger partial charge in [0.15, 0.2) is 5.82 Å². The third-order valence-electron chi connectivity index (χ3n) is 3.52. The lowest BCUT2D eigenvalue weighted by Crippen LogP contribution is -2.26. The highest BCUT2D eigenvalue weighted by Gasteiger charge is 2.21. The van der Waals surface area contributed by atoms with Gasteiger partial charge in [0.25, 0.3) is 0 Å². The van der Waals surface area contributed by atoms with Crippen molar-refractivity contribution in [2.75, 3.05) is 0 Å². The second kappa shape index (κ2) is 6.19. The molecule has 0 N–H and O–H groups in total. The largest absolute Gasteiger partial charge is 0.244 e. The summed E-state index contributed by atoms with van der Waals surface area (Å²) >= 11 is 1.73. The molecule has 122 valence electrons. The zero-order valence-electron chi connectivity index (χ0n) is 13.9. The first-order chi connectivity index (χ1) is 10.9. The average Bonchev–Trinajstić information content (AvgIpc) is 3.18. The molecule has 0 bridgehead atoms. The van der Waals surface area contributed by atoms with Crippen LogP contribution in [0.15, 0.2) is 17.5 Å². The number of rotatable bonds is 5. The monoisotopic (exact) mass is 331 g/mol. The van der Waals surface area contributed by atoms with Gasteiger partial charge in [-0.15, -0.1) is 16.4 Å². The summed E-state index contributed by atoms with van der Waals surface area (Å²) < 4.78 is 3.82. The summed E-state index contributed by atoms with van der Waals surface area (Å²) in [5.41, 5.74) is -0.105. The van der Waals surface area contributed by atoms with Crippen LogP contribution in [-0.2, 0) is 24.9 Å². The Morgan fingerprint density at radius 1 is 1.26 bits per heavy atom. The van der Waals surface area contributed by atoms with E-state index in [1.54, 1.807) is 16.0 Å². The molecule has 0 atom stereocenters. The first-order valence-corrected chi connectivity index (χ1v) is 8.52. The summed E-state index contributed by atoms with van der Waals surface area (Å²) in [4.78, 5) is 6.03. The zero-order chi connectivity index (χ0) is 16.4. The number of hydrogen-bond acceptors (Lipinski definition) is 6. The molecule has 3 aromatic rings. The predicted molar refractivity (Wildman–Crippen MR) is 88.4 cm³/mol. The van der Waals surface area contributed by atoms with E-state index >= 15 is 0 Å². The van der Waals surface area contributed by atoms with Crippen LogP contribution < -0.4 is 0 Å². The summed E-state index contributed by atoms with van der Waals surface area (Å²) in [6.07, 6.45) is 1.53. The molecule has 0 aliphatic carbocycles. The van der Waals surface area contributed by atoms with Gasteiger partial charge in [0.1, 0.15) is 11.6 Å². The van der Waals surface area contributed by atoms with Crippen molar-refractivity contribution in [3.63, 3.8) is 0 Å². The van der Waals surface area contributed by atoms with Crippen LogP contribution in [0.5, 0.6) is 0 Å². The van der Waals surface area contributed by atoms with E-state index in [9.17, 15) is 0 Å². The van der Waals surface area contributed by atoms with Crippen LogP contribution in [0.1, 0.15) is 43.1 Å². The van der Waals surface area contributed by atoms with Crippen LogP contribution >= 0.6 is 11.3 Å². The molecule has 0 aliphatic heterocycles. The maximum atomic E-state index is 4.76. The van der Waals surface area contributed by atoms with E-state index in [2.05, 4.69) is 53.8 Å². The molecule has 0 aromatic carbocycles. The van der Waals surface area contributed by atoms with Crippen LogP contribution in [0.3, 0.4) is 0 Å². The average molecular weight is 331 g/mol. The molecule has 0 saturated carbocycles. The second-order valence-electron chi connectivity index (χ2n) is 6.48. The van der Waals surface area contributed by atoms with Gasteiger partial charge in [0, 0.05) is 17.7 Å². The van der Waals surface area contributed by atoms with Crippen molar-refractivity contribution in [1.82, 2.24) is 35.0 Å². The van der Waals surface area contributed by atoms with Crippen molar-refractivity contribution in [3.05, 3.63) is 39.9 Å². The molecule has 0 amide bonds. The number of tetrazole rings is 1. The maximum Gasteiger partial charge on any atom is 0.156 e. The Bertz CT molecular complexity index is 764. The van der Waals surface area contributed by atoms with Crippen LogP contribution in [-0.4, -0.2) is 35.0 Å². The Labute approximate surface area is 139 Å². The van der Waals surface area contributed by atoms with Crippen LogP contribution in [0.2, 0.25) is 0 Å². The SMILES string of the molecule is Cc1nnnn1CCc1nc(Cc2cccs2)nn1C(C)(C)C. The molecular formula is C15H21N7S. The van der Waals surface area contributed by atoms with Gasteiger partial charge in [0.2, 0.25) is 0 Å². The number of hydrogen-bond donors (Lipinski definition) is 0. The van der Waals surface area contributed by atoms with E-state index in [0.717, 1.165) is 30.3 Å². The quantitative estimate of drug-likeness (QED) is 0.716. The van der Waals surface area contributed by atoms with Crippen LogP contribution in [0.25, 0.3) is 0 Å². The van der Waals surface area contributed by atoms with Gasteiger partial charge in [-0.1, -0.05) is 6.07 Å². The fourth-order valence-electron chi connectivity index (χ4n) is 2.40. The first kappa shape index (κ1) is 15.8. The summed E-state index contributed by atoms with van der Waals surface area (Å²) in [5.74, 6) is 2.65. The van der Waals surface area contributed by atoms with E-state index in [4.69, 9.17) is 10.1 Å². The predicted octanol–water partition coefficient (Wildman–Crippen LogP) is 2.22. The summed E-state index contributed by atoms with van der Waals surface area (Å²) in [7, 11) is 0. The van der Waals surface area contributed by atoms with Crippen molar-refractivity contribution >= 4 is 11.3 Å². The molecule has 8 heteroatoms. The topological polar surface area (TPSA) is 74.3 Å². The third kappa shape index (κ3) is 3.64. The van der Waals surface area contributed by atoms with Crippen molar-refractivity contribution in [2.24, 2.45) is 0 Å². The molecule has 3 heterocycles. The minimum atomic E-state index is -0.105. The molecule has 7 nitrogen and oxygen atoms in total. The molecule has 3 rings (SSSR count). The Balaban J connectivity index is 1.82. The van der Waals surface area contributed by atoms with Gasteiger partial charge in [-0.2, -0.15) is 5.10 Å². The lowest BCUT2D eigenvalue weighted by molar-refractivity contribution is 0.336. The molecule has 0 unspecified atom stereocenters. The maximum absolute atomic E-state index is 4.76. The van der Waals surface area contributed by atoms with Crippen molar-refractivity contribution in [3.8, 4) is 0 Å². The van der Waals surface area contributed by atoms with Crippen LogP contribution in [0, 0.1) is 6.92 Å². The van der Waals surface area contributed by atoms with Gasteiger partial charge in [-0.3, -0.25) is 0 Å². The van der Waals surface area contributed by atoms with Gasteiger partial charge in [0.05, 0.1) is 12.1 Å². The lowest BCUT2D eigenvalue weighted by Gasteiger charge is -2.21. The van der Waals surface area contributed by atoms with Crippen LogP contribution in [0.4, 0.5) is 0 Å². The van der Waals surface area contributed by atoms with Gasteiger partial charge >= 0.3 is 0 Å². The number of nitrogens with zero attached hydrogens (tertiary/aromatic N) is 7. The molecule has 0 radical (unpaired) electrons. The molecule has 0 spiro atoms. The lowest BCUT2D eigenvalue weighted by atomic mass is 10.1. The van der Waals surface area contributed by atoms with Crippen molar-refractivity contribution < 1.29 is 0 Å². The third-order valence-corrected chi connectivity index (χ3v) is 4.40. The smallest absolute Gasteiger partial charge is 0.156 e. The van der Waals surface area contributed by atoms with E-state index < -0.39 is 0 Å². The van der Waals surface area contributed by atoms with E-state index in [1.165, 1.54) is 4.88 Å². The minimum Gasteiger partial charge on any atom is -0.244 e. The molecule has 0 fully saturated rings. The number of aromatic nitrogens is 7. The fourth-order valence-corrected chi connectivity index (χ4v) is 3.10. The standard InChI is InChI=1S/C15H21N7S/c1-11-17-19-20-21(11)8-7-14-16-13(10-12-6-5-9-23-12)18-22(14)15(2,3)4/h5-6,9H,7-8,10H2,1-4H3. The number of thiophene rings is 1. The zero-order valence-corrected chi connectivity index (χ0v) is 14.7. The molecule has 3 aromatic heterocycles. The van der Waals surface area contributed by atoms with E-state index in [0.29, 0.717) is 6.54 Å². The van der Waals surface area contributed by atoms with E-state index in [1.807, 2.05) is 11.6 Å². The van der Waals surface area contributed by atoms with Crippen molar-refractivity contribution in [1.29, 1.82) is 0 Å². The molecule has 23 heavy (non-hydrogen) atoms. The highest BCUT2D eigenvalue weighted by Crippen LogP contribution is 2.19. The second-order valence-corrected chi connectivity index (χ2v) is 7.51. The molecule has 0 aliphatic rings. The van der Waals surface area contributed by atoms with E-state index in [-0.39, 0.29) is 5.54 Å². The Morgan fingerprint density at radius 3 is 2.70 bits per heavy atom. The van der Waals surface area contributed by atoms with Gasteiger partial charge in [-0.05, 0) is 49.6 Å². The van der Waals surface area contributed by atoms with Gasteiger partial charge < -0.3 is 0 Å². The molecular weight excluding hydrogens is 310 g/mol.